The molecule has 0 heterocycles. The number of hydrogen-bond donors (Lipinski definition) is 0. The Morgan fingerprint density at radius 2 is 1.27 bits per heavy atom. The summed E-state index contributed by atoms with van der Waals surface area (Å²) in [6.45, 7) is 6.51. The average Bonchev–Trinajstić information content (AvgIpc) is 1.97. The summed E-state index contributed by atoms with van der Waals surface area (Å²) in [5, 5.41) is 0. The minimum atomic E-state index is 1.39. The van der Waals surface area contributed by atoms with Crippen molar-refractivity contribution in [2.45, 2.75) is 20.8 Å². The third kappa shape index (κ3) is 1.88. The molecular formula is C9H10I2. The second kappa shape index (κ2) is 3.60. The maximum absolute atomic E-state index is 2.41. The largest absolute Gasteiger partial charge is 0.0543 e. The van der Waals surface area contributed by atoms with Gasteiger partial charge in [-0.05, 0) is 82.6 Å². The van der Waals surface area contributed by atoms with E-state index < -0.39 is 0 Å². The van der Waals surface area contributed by atoms with Crippen molar-refractivity contribution in [1.82, 2.24) is 0 Å². The van der Waals surface area contributed by atoms with Gasteiger partial charge in [-0.2, -0.15) is 0 Å². The SMILES string of the molecule is Cc1cc(C)c(I)c(C)c1I. The van der Waals surface area contributed by atoms with Crippen LogP contribution in [0.4, 0.5) is 0 Å². The molecule has 0 saturated carbocycles. The Hall–Kier alpha value is 0.680. The highest BCUT2D eigenvalue weighted by Crippen LogP contribution is 2.24. The third-order valence-corrected chi connectivity index (χ3v) is 5.10. The molecule has 0 saturated heterocycles. The monoisotopic (exact) mass is 372 g/mol. The van der Waals surface area contributed by atoms with Crippen molar-refractivity contribution in [3.8, 4) is 0 Å². The van der Waals surface area contributed by atoms with Gasteiger partial charge in [-0.3, -0.25) is 0 Å². The summed E-state index contributed by atoms with van der Waals surface area (Å²) < 4.78 is 2.80. The number of halogens is 2. The van der Waals surface area contributed by atoms with Crippen LogP contribution in [-0.2, 0) is 0 Å². The average molecular weight is 372 g/mol. The maximum atomic E-state index is 2.41. The molecule has 0 aliphatic rings. The lowest BCUT2D eigenvalue weighted by Crippen LogP contribution is -1.93. The molecule has 11 heavy (non-hydrogen) atoms. The fourth-order valence-electron chi connectivity index (χ4n) is 1.14. The van der Waals surface area contributed by atoms with E-state index >= 15 is 0 Å². The topological polar surface area (TPSA) is 0 Å². The van der Waals surface area contributed by atoms with Crippen molar-refractivity contribution >= 4 is 45.2 Å². The van der Waals surface area contributed by atoms with Crippen molar-refractivity contribution < 1.29 is 0 Å². The first kappa shape index (κ1) is 9.77. The molecule has 0 bridgehead atoms. The molecule has 2 heteroatoms. The molecular weight excluding hydrogens is 362 g/mol. The second-order valence-electron chi connectivity index (χ2n) is 2.76. The van der Waals surface area contributed by atoms with Crippen molar-refractivity contribution in [3.63, 3.8) is 0 Å². The molecule has 0 aromatic heterocycles. The Balaban J connectivity index is 3.46. The number of hydrogen-bond acceptors (Lipinski definition) is 0. The number of benzene rings is 1. The van der Waals surface area contributed by atoms with Crippen LogP contribution in [0.15, 0.2) is 6.07 Å². The molecule has 1 aromatic rings. The highest BCUT2D eigenvalue weighted by Gasteiger charge is 2.05. The van der Waals surface area contributed by atoms with E-state index in [0.29, 0.717) is 0 Å². The third-order valence-electron chi connectivity index (χ3n) is 1.78. The van der Waals surface area contributed by atoms with E-state index in [1.807, 2.05) is 0 Å². The molecule has 0 spiro atoms. The van der Waals surface area contributed by atoms with Crippen molar-refractivity contribution in [3.05, 3.63) is 29.9 Å². The molecule has 0 N–H and O–H groups in total. The molecule has 60 valence electrons. The van der Waals surface area contributed by atoms with Gasteiger partial charge in [0.25, 0.3) is 0 Å². The van der Waals surface area contributed by atoms with E-state index in [-0.39, 0.29) is 0 Å². The Bertz CT molecular complexity index is 264. The summed E-state index contributed by atoms with van der Waals surface area (Å²) in [5.41, 5.74) is 4.20. The summed E-state index contributed by atoms with van der Waals surface area (Å²) in [4.78, 5) is 0. The standard InChI is InChI=1S/C9H10I2/c1-5-4-6(2)9(11)7(3)8(5)10/h4H,1-3H3. The van der Waals surface area contributed by atoms with Gasteiger partial charge in [0.05, 0.1) is 0 Å². The minimum absolute atomic E-state index is 1.39. The molecule has 0 nitrogen and oxygen atoms in total. The van der Waals surface area contributed by atoms with Crippen LogP contribution in [0, 0.1) is 27.9 Å². The van der Waals surface area contributed by atoms with Crippen LogP contribution < -0.4 is 0 Å². The Labute approximate surface area is 95.0 Å². The summed E-state index contributed by atoms with van der Waals surface area (Å²) in [6.07, 6.45) is 0. The fraction of sp³-hybridized carbons (Fsp3) is 0.333. The number of aryl methyl sites for hydroxylation is 2. The zero-order valence-electron chi connectivity index (χ0n) is 6.83. The highest BCUT2D eigenvalue weighted by atomic mass is 127. The van der Waals surface area contributed by atoms with Gasteiger partial charge < -0.3 is 0 Å². The van der Waals surface area contributed by atoms with Gasteiger partial charge in [-0.1, -0.05) is 6.07 Å². The summed E-state index contributed by atoms with van der Waals surface area (Å²) in [5.74, 6) is 0. The van der Waals surface area contributed by atoms with E-state index in [4.69, 9.17) is 0 Å². The maximum Gasteiger partial charge on any atom is 0.0199 e. The van der Waals surface area contributed by atoms with Crippen molar-refractivity contribution in [2.75, 3.05) is 0 Å². The normalized spacial score (nSPS) is 10.3. The van der Waals surface area contributed by atoms with E-state index in [2.05, 4.69) is 72.0 Å². The quantitative estimate of drug-likeness (QED) is 0.608. The van der Waals surface area contributed by atoms with Gasteiger partial charge in [0, 0.05) is 7.14 Å². The van der Waals surface area contributed by atoms with Gasteiger partial charge in [0.1, 0.15) is 0 Å². The molecule has 0 atom stereocenters. The molecule has 1 aromatic carbocycles. The molecule has 0 fully saturated rings. The van der Waals surface area contributed by atoms with E-state index in [9.17, 15) is 0 Å². The van der Waals surface area contributed by atoms with E-state index in [1.165, 1.54) is 23.8 Å². The van der Waals surface area contributed by atoms with Crippen LogP contribution in [0.3, 0.4) is 0 Å². The van der Waals surface area contributed by atoms with Crippen LogP contribution in [0.25, 0.3) is 0 Å². The Kier molecular flexibility index (Phi) is 3.19. The highest BCUT2D eigenvalue weighted by molar-refractivity contribution is 14.1. The van der Waals surface area contributed by atoms with Crippen LogP contribution in [0.5, 0.6) is 0 Å². The van der Waals surface area contributed by atoms with Crippen molar-refractivity contribution in [1.29, 1.82) is 0 Å². The molecule has 0 radical (unpaired) electrons. The first-order valence-corrected chi connectivity index (χ1v) is 5.61. The van der Waals surface area contributed by atoms with Gasteiger partial charge >= 0.3 is 0 Å². The first-order chi connectivity index (χ1) is 5.04. The molecule has 0 aliphatic carbocycles. The van der Waals surface area contributed by atoms with Gasteiger partial charge in [0.15, 0.2) is 0 Å². The lowest BCUT2D eigenvalue weighted by atomic mass is 10.1. The lowest BCUT2D eigenvalue weighted by Gasteiger charge is -2.07. The zero-order chi connectivity index (χ0) is 8.59. The van der Waals surface area contributed by atoms with E-state index in [1.54, 1.807) is 0 Å². The fourth-order valence-corrected chi connectivity index (χ4v) is 2.51. The van der Waals surface area contributed by atoms with Gasteiger partial charge in [-0.25, -0.2) is 0 Å². The van der Waals surface area contributed by atoms with Crippen LogP contribution in [-0.4, -0.2) is 0 Å². The summed E-state index contributed by atoms with van der Waals surface area (Å²) >= 11 is 4.81. The smallest absolute Gasteiger partial charge is 0.0199 e. The van der Waals surface area contributed by atoms with Gasteiger partial charge in [0.2, 0.25) is 0 Å². The second-order valence-corrected chi connectivity index (χ2v) is 4.92. The molecule has 0 unspecified atom stereocenters. The molecule has 0 aliphatic heterocycles. The van der Waals surface area contributed by atoms with Gasteiger partial charge in [-0.15, -0.1) is 0 Å². The predicted molar refractivity (Wildman–Crippen MR) is 66.1 cm³/mol. The summed E-state index contributed by atoms with van der Waals surface area (Å²) in [7, 11) is 0. The van der Waals surface area contributed by atoms with Crippen LogP contribution in [0.1, 0.15) is 16.7 Å². The zero-order valence-corrected chi connectivity index (χ0v) is 11.1. The first-order valence-electron chi connectivity index (χ1n) is 3.46. The minimum Gasteiger partial charge on any atom is -0.0543 e. The van der Waals surface area contributed by atoms with Crippen molar-refractivity contribution in [2.24, 2.45) is 0 Å². The Morgan fingerprint density at radius 1 is 0.909 bits per heavy atom. The lowest BCUT2D eigenvalue weighted by molar-refractivity contribution is 1.25. The summed E-state index contributed by atoms with van der Waals surface area (Å²) in [6, 6.07) is 2.25. The molecule has 0 amide bonds. The number of rotatable bonds is 0. The van der Waals surface area contributed by atoms with E-state index in [0.717, 1.165) is 0 Å². The molecule has 1 rings (SSSR count). The Morgan fingerprint density at radius 3 is 1.64 bits per heavy atom. The predicted octanol–water partition coefficient (Wildman–Crippen LogP) is 3.82. The van der Waals surface area contributed by atoms with Crippen LogP contribution in [0.2, 0.25) is 0 Å². The van der Waals surface area contributed by atoms with Crippen LogP contribution >= 0.6 is 45.2 Å².